The van der Waals surface area contributed by atoms with Crippen LogP contribution in [0.5, 0.6) is 0 Å². The minimum absolute atomic E-state index is 0.280. The zero-order chi connectivity index (χ0) is 12.8. The number of hydrogen-bond donors (Lipinski definition) is 0. The molecule has 0 aliphatic rings. The fourth-order valence-corrected chi connectivity index (χ4v) is 1.56. The Morgan fingerprint density at radius 1 is 1.00 bits per heavy atom. The number of fused-ring (bicyclic) bond motifs is 1. The normalized spacial score (nSPS) is 12.1. The predicted molar refractivity (Wildman–Crippen MR) is 54.5 cm³/mol. The van der Waals surface area contributed by atoms with Crippen LogP contribution in [0, 0.1) is 5.82 Å². The molecule has 0 amide bonds. The molecule has 2 aromatic rings. The Morgan fingerprint density at radius 2 is 1.59 bits per heavy atom. The summed E-state index contributed by atoms with van der Waals surface area (Å²) in [6.45, 7) is 0. The highest BCUT2D eigenvalue weighted by atomic mass is 35.5. The molecular weight excluding hydrogens is 283 g/mol. The van der Waals surface area contributed by atoms with E-state index in [4.69, 9.17) is 23.2 Å². The first-order valence-electron chi connectivity index (χ1n) is 4.18. The van der Waals surface area contributed by atoms with E-state index in [-0.39, 0.29) is 15.8 Å². The minimum atomic E-state index is -4.74. The van der Waals surface area contributed by atoms with Crippen molar-refractivity contribution in [2.75, 3.05) is 0 Å². The van der Waals surface area contributed by atoms with Crippen molar-refractivity contribution in [1.82, 2.24) is 9.97 Å². The smallest absolute Gasteiger partial charge is 0.231 e. The topological polar surface area (TPSA) is 25.8 Å². The van der Waals surface area contributed by atoms with Crippen molar-refractivity contribution in [3.05, 3.63) is 33.8 Å². The minimum Gasteiger partial charge on any atom is -0.231 e. The number of aromatic nitrogens is 2. The van der Waals surface area contributed by atoms with E-state index in [9.17, 15) is 17.6 Å². The molecule has 1 aromatic carbocycles. The molecule has 0 aliphatic carbocycles. The second kappa shape index (κ2) is 3.96. The van der Waals surface area contributed by atoms with Crippen molar-refractivity contribution >= 4 is 34.2 Å². The lowest BCUT2D eigenvalue weighted by Crippen LogP contribution is -2.08. The Labute approximate surface area is 102 Å². The van der Waals surface area contributed by atoms with Crippen LogP contribution < -0.4 is 0 Å². The van der Waals surface area contributed by atoms with Crippen molar-refractivity contribution < 1.29 is 17.6 Å². The van der Waals surface area contributed by atoms with Gasteiger partial charge in [-0.3, -0.25) is 0 Å². The lowest BCUT2D eigenvalue weighted by atomic mass is 10.1. The zero-order valence-corrected chi connectivity index (χ0v) is 9.33. The molecule has 0 saturated carbocycles. The zero-order valence-electron chi connectivity index (χ0n) is 7.82. The quantitative estimate of drug-likeness (QED) is 0.681. The first-order chi connectivity index (χ1) is 7.79. The molecule has 1 aromatic heterocycles. The lowest BCUT2D eigenvalue weighted by molar-refractivity contribution is -0.136. The Morgan fingerprint density at radius 3 is 2.18 bits per heavy atom. The molecule has 0 bridgehead atoms. The average Bonchev–Trinajstić information content (AvgIpc) is 2.18. The van der Waals surface area contributed by atoms with Gasteiger partial charge in [0.1, 0.15) is 11.3 Å². The van der Waals surface area contributed by atoms with Gasteiger partial charge in [-0.05, 0) is 6.07 Å². The van der Waals surface area contributed by atoms with Gasteiger partial charge in [0.2, 0.25) is 0 Å². The van der Waals surface area contributed by atoms with E-state index in [0.717, 1.165) is 6.07 Å². The molecular formula is C9H2Cl2F4N2. The molecule has 0 aliphatic heterocycles. The van der Waals surface area contributed by atoms with Crippen LogP contribution in [0.15, 0.2) is 12.1 Å². The molecule has 0 atom stereocenters. The van der Waals surface area contributed by atoms with Crippen LogP contribution in [0.3, 0.4) is 0 Å². The second-order valence-corrected chi connectivity index (χ2v) is 3.84. The van der Waals surface area contributed by atoms with E-state index >= 15 is 0 Å². The summed E-state index contributed by atoms with van der Waals surface area (Å²) < 4.78 is 50.9. The van der Waals surface area contributed by atoms with Gasteiger partial charge >= 0.3 is 6.18 Å². The summed E-state index contributed by atoms with van der Waals surface area (Å²) in [6.07, 6.45) is -4.74. The highest BCUT2D eigenvalue weighted by molar-refractivity contribution is 6.40. The fraction of sp³-hybridized carbons (Fsp3) is 0.111. The monoisotopic (exact) mass is 284 g/mol. The van der Waals surface area contributed by atoms with Crippen LogP contribution in [0.4, 0.5) is 17.6 Å². The molecule has 8 heteroatoms. The number of benzene rings is 1. The van der Waals surface area contributed by atoms with Crippen LogP contribution in [0.25, 0.3) is 11.0 Å². The van der Waals surface area contributed by atoms with Crippen molar-refractivity contribution in [2.24, 2.45) is 0 Å². The van der Waals surface area contributed by atoms with E-state index in [1.807, 2.05) is 0 Å². The maximum absolute atomic E-state index is 13.0. The number of nitrogens with zero attached hydrogens (tertiary/aromatic N) is 2. The summed E-state index contributed by atoms with van der Waals surface area (Å²) in [7, 11) is 0. The highest BCUT2D eigenvalue weighted by Gasteiger charge is 2.34. The number of halogens is 6. The summed E-state index contributed by atoms with van der Waals surface area (Å²) in [5, 5.41) is -0.644. The Bertz CT molecular complexity index is 598. The molecule has 0 fully saturated rings. The standard InChI is InChI=1S/C9H2Cl2F4N2/c10-7-8(11)17-6-4(9(13,14)15)1-3(12)2-5(6)16-7/h1-2H. The fourth-order valence-electron chi connectivity index (χ4n) is 1.30. The van der Waals surface area contributed by atoms with Gasteiger partial charge < -0.3 is 0 Å². The van der Waals surface area contributed by atoms with Crippen molar-refractivity contribution in [1.29, 1.82) is 0 Å². The van der Waals surface area contributed by atoms with Crippen LogP contribution in [0.1, 0.15) is 5.56 Å². The predicted octanol–water partition coefficient (Wildman–Crippen LogP) is 4.09. The average molecular weight is 285 g/mol. The van der Waals surface area contributed by atoms with Gasteiger partial charge in [-0.2, -0.15) is 13.2 Å². The Hall–Kier alpha value is -1.14. The van der Waals surface area contributed by atoms with E-state index in [1.54, 1.807) is 0 Å². The van der Waals surface area contributed by atoms with Gasteiger partial charge in [0, 0.05) is 6.07 Å². The first-order valence-corrected chi connectivity index (χ1v) is 4.94. The lowest BCUT2D eigenvalue weighted by Gasteiger charge is -2.10. The van der Waals surface area contributed by atoms with Gasteiger partial charge in [0.05, 0.1) is 11.1 Å². The van der Waals surface area contributed by atoms with Gasteiger partial charge in [-0.1, -0.05) is 23.2 Å². The van der Waals surface area contributed by atoms with Crippen molar-refractivity contribution in [3.63, 3.8) is 0 Å². The second-order valence-electron chi connectivity index (χ2n) is 3.12. The number of rotatable bonds is 0. The molecule has 0 radical (unpaired) electrons. The van der Waals surface area contributed by atoms with E-state index < -0.39 is 23.1 Å². The molecule has 1 heterocycles. The van der Waals surface area contributed by atoms with E-state index in [1.165, 1.54) is 0 Å². The van der Waals surface area contributed by atoms with Gasteiger partial charge in [0.15, 0.2) is 10.3 Å². The third-order valence-electron chi connectivity index (χ3n) is 1.96. The maximum atomic E-state index is 13.0. The molecule has 0 N–H and O–H groups in total. The van der Waals surface area contributed by atoms with Crippen LogP contribution in [-0.2, 0) is 6.18 Å². The SMILES string of the molecule is Fc1cc(C(F)(F)F)c2nc(Cl)c(Cl)nc2c1. The van der Waals surface area contributed by atoms with E-state index in [2.05, 4.69) is 9.97 Å². The van der Waals surface area contributed by atoms with Crippen LogP contribution >= 0.6 is 23.2 Å². The molecule has 0 unspecified atom stereocenters. The third-order valence-corrected chi connectivity index (χ3v) is 2.58. The molecule has 2 rings (SSSR count). The van der Waals surface area contributed by atoms with Gasteiger partial charge in [0.25, 0.3) is 0 Å². The maximum Gasteiger partial charge on any atom is 0.418 e. The highest BCUT2D eigenvalue weighted by Crippen LogP contribution is 2.35. The van der Waals surface area contributed by atoms with Crippen LogP contribution in [-0.4, -0.2) is 9.97 Å². The first kappa shape index (κ1) is 12.3. The third kappa shape index (κ3) is 2.28. The number of hydrogen-bond acceptors (Lipinski definition) is 2. The summed E-state index contributed by atoms with van der Waals surface area (Å²) in [5.74, 6) is -1.07. The van der Waals surface area contributed by atoms with Gasteiger partial charge in [-0.25, -0.2) is 14.4 Å². The van der Waals surface area contributed by atoms with Crippen molar-refractivity contribution in [3.8, 4) is 0 Å². The molecule has 90 valence electrons. The van der Waals surface area contributed by atoms with Crippen LogP contribution in [0.2, 0.25) is 10.3 Å². The summed E-state index contributed by atoms with van der Waals surface area (Å²) in [5.41, 5.74) is -2.07. The summed E-state index contributed by atoms with van der Waals surface area (Å²) in [6, 6.07) is 1.14. The van der Waals surface area contributed by atoms with Crippen molar-refractivity contribution in [2.45, 2.75) is 6.18 Å². The summed E-state index contributed by atoms with van der Waals surface area (Å²) >= 11 is 11.0. The Kier molecular flexibility index (Phi) is 2.87. The van der Waals surface area contributed by atoms with E-state index in [0.29, 0.717) is 6.07 Å². The molecule has 17 heavy (non-hydrogen) atoms. The summed E-state index contributed by atoms with van der Waals surface area (Å²) in [4.78, 5) is 7.01. The van der Waals surface area contributed by atoms with Gasteiger partial charge in [-0.15, -0.1) is 0 Å². The molecule has 0 spiro atoms. The molecule has 0 saturated heterocycles. The largest absolute Gasteiger partial charge is 0.418 e. The number of alkyl halides is 3. The molecule has 2 nitrogen and oxygen atoms in total. The Balaban J connectivity index is 2.88.